The molecular weight excluding hydrogens is 258 g/mol. The van der Waals surface area contributed by atoms with Gasteiger partial charge in [-0.1, -0.05) is 30.0 Å². The predicted octanol–water partition coefficient (Wildman–Crippen LogP) is 2.46. The number of fused-ring (bicyclic) bond motifs is 1. The Morgan fingerprint density at radius 1 is 1.37 bits per heavy atom. The number of nitrogens with two attached hydrogens (primary N) is 1. The summed E-state index contributed by atoms with van der Waals surface area (Å²) in [4.78, 5) is 8.58. The van der Waals surface area contributed by atoms with E-state index in [1.54, 1.807) is 17.8 Å². The second-order valence-corrected chi connectivity index (χ2v) is 5.57. The number of anilines is 1. The Morgan fingerprint density at radius 2 is 2.21 bits per heavy atom. The van der Waals surface area contributed by atoms with E-state index in [0.29, 0.717) is 5.82 Å². The highest BCUT2D eigenvalue weighted by Crippen LogP contribution is 2.30. The quantitative estimate of drug-likeness (QED) is 0.687. The average Bonchev–Trinajstić information content (AvgIpc) is 2.78. The summed E-state index contributed by atoms with van der Waals surface area (Å²) in [6.07, 6.45) is 1.14. The van der Waals surface area contributed by atoms with Gasteiger partial charge in [-0.2, -0.15) is 0 Å². The van der Waals surface area contributed by atoms with E-state index in [-0.39, 0.29) is 6.10 Å². The Bertz CT molecular complexity index is 558. The molecule has 98 valence electrons. The van der Waals surface area contributed by atoms with E-state index in [2.05, 4.69) is 16.0 Å². The van der Waals surface area contributed by atoms with Gasteiger partial charge in [0.1, 0.15) is 17.7 Å². The van der Waals surface area contributed by atoms with Crippen LogP contribution in [-0.4, -0.2) is 21.8 Å². The van der Waals surface area contributed by atoms with Gasteiger partial charge in [-0.05, 0) is 18.6 Å². The van der Waals surface area contributed by atoms with Gasteiger partial charge in [-0.25, -0.2) is 9.97 Å². The number of nitrogens with zero attached hydrogens (tertiary/aromatic N) is 2. The number of rotatable bonds is 3. The third kappa shape index (κ3) is 2.81. The van der Waals surface area contributed by atoms with E-state index in [0.717, 1.165) is 28.8 Å². The molecule has 5 heteroatoms. The van der Waals surface area contributed by atoms with Gasteiger partial charge in [0.2, 0.25) is 0 Å². The zero-order valence-electron chi connectivity index (χ0n) is 10.7. The summed E-state index contributed by atoms with van der Waals surface area (Å²) in [5.41, 5.74) is 7.89. The van der Waals surface area contributed by atoms with Gasteiger partial charge in [0.25, 0.3) is 0 Å². The molecule has 19 heavy (non-hydrogen) atoms. The summed E-state index contributed by atoms with van der Waals surface area (Å²) >= 11 is 1.59. The number of hydrogen-bond donors (Lipinski definition) is 1. The first-order chi connectivity index (χ1) is 9.20. The van der Waals surface area contributed by atoms with Gasteiger partial charge in [0, 0.05) is 23.9 Å². The molecule has 0 amide bonds. The van der Waals surface area contributed by atoms with Crippen LogP contribution < -0.4 is 10.5 Å². The highest BCUT2D eigenvalue weighted by atomic mass is 32.2. The molecule has 1 aliphatic rings. The highest BCUT2D eigenvalue weighted by molar-refractivity contribution is 7.99. The zero-order valence-corrected chi connectivity index (χ0v) is 11.5. The van der Waals surface area contributed by atoms with E-state index in [9.17, 15) is 0 Å². The molecule has 0 saturated carbocycles. The second-order valence-electron chi connectivity index (χ2n) is 4.58. The minimum absolute atomic E-state index is 0.188. The van der Waals surface area contributed by atoms with Gasteiger partial charge in [-0.15, -0.1) is 0 Å². The molecule has 1 atom stereocenters. The lowest BCUT2D eigenvalue weighted by atomic mass is 10.1. The molecule has 1 aliphatic heterocycles. The lowest BCUT2D eigenvalue weighted by Gasteiger charge is -2.09. The van der Waals surface area contributed by atoms with E-state index in [4.69, 9.17) is 10.5 Å². The molecule has 0 spiro atoms. The molecule has 2 aromatic rings. The standard InChI is InChI=1S/C14H15N3OS/c1-9-6-13(15)17-14(16-9)19-8-11-7-10-4-2-3-5-12(10)18-11/h2-6,11H,7-8H2,1H3,(H2,15,16,17). The van der Waals surface area contributed by atoms with Crippen LogP contribution in [0, 0.1) is 6.92 Å². The summed E-state index contributed by atoms with van der Waals surface area (Å²) in [5, 5.41) is 0.719. The molecule has 1 aromatic carbocycles. The molecule has 0 bridgehead atoms. The number of ether oxygens (including phenoxy) is 1. The maximum Gasteiger partial charge on any atom is 0.189 e. The maximum absolute atomic E-state index is 5.88. The van der Waals surface area contributed by atoms with Crippen LogP contribution in [0.1, 0.15) is 11.3 Å². The third-order valence-electron chi connectivity index (χ3n) is 2.97. The number of nitrogen functional groups attached to an aromatic ring is 1. The Labute approximate surface area is 116 Å². The van der Waals surface area contributed by atoms with Crippen molar-refractivity contribution < 1.29 is 4.74 Å². The molecule has 0 radical (unpaired) electrons. The summed E-state index contributed by atoms with van der Waals surface area (Å²) in [5.74, 6) is 2.35. The summed E-state index contributed by atoms with van der Waals surface area (Å²) in [6.45, 7) is 1.92. The van der Waals surface area contributed by atoms with Gasteiger partial charge < -0.3 is 10.5 Å². The van der Waals surface area contributed by atoms with Crippen LogP contribution in [-0.2, 0) is 6.42 Å². The minimum Gasteiger partial charge on any atom is -0.489 e. The van der Waals surface area contributed by atoms with E-state index in [1.165, 1.54) is 5.56 Å². The smallest absolute Gasteiger partial charge is 0.189 e. The van der Waals surface area contributed by atoms with Crippen LogP contribution >= 0.6 is 11.8 Å². The third-order valence-corrected chi connectivity index (χ3v) is 3.94. The van der Waals surface area contributed by atoms with Gasteiger partial charge in [-0.3, -0.25) is 0 Å². The monoisotopic (exact) mass is 273 g/mol. The van der Waals surface area contributed by atoms with Crippen LogP contribution in [0.2, 0.25) is 0 Å². The molecule has 0 fully saturated rings. The fraction of sp³-hybridized carbons (Fsp3) is 0.286. The number of hydrogen-bond acceptors (Lipinski definition) is 5. The average molecular weight is 273 g/mol. The minimum atomic E-state index is 0.188. The zero-order chi connectivity index (χ0) is 13.2. The normalized spacial score (nSPS) is 17.0. The second kappa shape index (κ2) is 5.09. The van der Waals surface area contributed by atoms with Crippen LogP contribution in [0.4, 0.5) is 5.82 Å². The van der Waals surface area contributed by atoms with Crippen LogP contribution in [0.5, 0.6) is 5.75 Å². The molecule has 0 aliphatic carbocycles. The number of para-hydroxylation sites is 1. The van der Waals surface area contributed by atoms with E-state index >= 15 is 0 Å². The largest absolute Gasteiger partial charge is 0.489 e. The highest BCUT2D eigenvalue weighted by Gasteiger charge is 2.22. The van der Waals surface area contributed by atoms with Gasteiger partial charge in [0.05, 0.1) is 0 Å². The molecule has 4 nitrogen and oxygen atoms in total. The van der Waals surface area contributed by atoms with Crippen molar-refractivity contribution in [3.8, 4) is 5.75 Å². The summed E-state index contributed by atoms with van der Waals surface area (Å²) in [7, 11) is 0. The SMILES string of the molecule is Cc1cc(N)nc(SCC2Cc3ccccc3O2)n1. The first kappa shape index (κ1) is 12.3. The van der Waals surface area contributed by atoms with Crippen LogP contribution in [0.3, 0.4) is 0 Å². The van der Waals surface area contributed by atoms with Gasteiger partial charge >= 0.3 is 0 Å². The number of aromatic nitrogens is 2. The lowest BCUT2D eigenvalue weighted by Crippen LogP contribution is -2.16. The van der Waals surface area contributed by atoms with E-state index in [1.807, 2.05) is 25.1 Å². The van der Waals surface area contributed by atoms with Gasteiger partial charge in [0.15, 0.2) is 5.16 Å². The number of thioether (sulfide) groups is 1. The van der Waals surface area contributed by atoms with E-state index < -0.39 is 0 Å². The Hall–Kier alpha value is -1.75. The fourth-order valence-corrected chi connectivity index (χ4v) is 3.04. The van der Waals surface area contributed by atoms with Crippen molar-refractivity contribution in [1.82, 2.24) is 9.97 Å². The Balaban J connectivity index is 1.62. The molecule has 2 N–H and O–H groups in total. The number of aryl methyl sites for hydroxylation is 1. The lowest BCUT2D eigenvalue weighted by molar-refractivity contribution is 0.259. The molecule has 3 rings (SSSR count). The summed E-state index contributed by atoms with van der Waals surface area (Å²) in [6, 6.07) is 9.94. The topological polar surface area (TPSA) is 61.0 Å². The Kier molecular flexibility index (Phi) is 3.29. The summed E-state index contributed by atoms with van der Waals surface area (Å²) < 4.78 is 5.88. The van der Waals surface area contributed by atoms with Crippen molar-refractivity contribution in [2.45, 2.75) is 24.6 Å². The first-order valence-corrected chi connectivity index (χ1v) is 7.18. The molecular formula is C14H15N3OS. The maximum atomic E-state index is 5.88. The van der Waals surface area contributed by atoms with Crippen molar-refractivity contribution in [3.63, 3.8) is 0 Å². The van der Waals surface area contributed by atoms with Crippen molar-refractivity contribution in [1.29, 1.82) is 0 Å². The molecule has 1 unspecified atom stereocenters. The molecule has 1 aromatic heterocycles. The van der Waals surface area contributed by atoms with Crippen molar-refractivity contribution in [2.24, 2.45) is 0 Å². The number of benzene rings is 1. The Morgan fingerprint density at radius 3 is 3.00 bits per heavy atom. The fourth-order valence-electron chi connectivity index (χ4n) is 2.14. The van der Waals surface area contributed by atoms with Crippen molar-refractivity contribution in [3.05, 3.63) is 41.6 Å². The molecule has 0 saturated heterocycles. The predicted molar refractivity (Wildman–Crippen MR) is 76.5 cm³/mol. The molecule has 2 heterocycles. The van der Waals surface area contributed by atoms with Crippen molar-refractivity contribution in [2.75, 3.05) is 11.5 Å². The van der Waals surface area contributed by atoms with Crippen LogP contribution in [0.25, 0.3) is 0 Å². The van der Waals surface area contributed by atoms with Crippen LogP contribution in [0.15, 0.2) is 35.5 Å². The van der Waals surface area contributed by atoms with Crippen molar-refractivity contribution >= 4 is 17.6 Å². The first-order valence-electron chi connectivity index (χ1n) is 6.19.